The van der Waals surface area contributed by atoms with E-state index in [-0.39, 0.29) is 31.4 Å². The van der Waals surface area contributed by atoms with Crippen LogP contribution in [-0.2, 0) is 15.3 Å². The van der Waals surface area contributed by atoms with Crippen molar-refractivity contribution in [3.05, 3.63) is 29.8 Å². The summed E-state index contributed by atoms with van der Waals surface area (Å²) in [5, 5.41) is 0.559. The largest absolute Gasteiger partial charge is 0.544 e. The van der Waals surface area contributed by atoms with E-state index in [1.165, 1.54) is 101 Å². The molecular formula is C47H92O3S2Si3. The first-order chi connectivity index (χ1) is 25.3. The molecule has 1 heterocycles. The molecule has 0 amide bonds. The van der Waals surface area contributed by atoms with E-state index in [0.717, 1.165) is 31.4 Å². The molecular weight excluding hydrogens is 761 g/mol. The minimum atomic E-state index is -2.02. The van der Waals surface area contributed by atoms with Crippen LogP contribution in [0.4, 0.5) is 0 Å². The lowest BCUT2D eigenvalue weighted by Gasteiger charge is -2.45. The summed E-state index contributed by atoms with van der Waals surface area (Å²) in [5.74, 6) is 3.53. The minimum absolute atomic E-state index is 0.166. The zero-order valence-electron chi connectivity index (χ0n) is 39.4. The Labute approximate surface area is 355 Å². The molecule has 1 fully saturated rings. The Hall–Kier alpha value is 0.291. The fourth-order valence-electron chi connectivity index (χ4n) is 6.75. The highest BCUT2D eigenvalue weighted by Gasteiger charge is 2.45. The molecule has 1 aromatic carbocycles. The number of unbranched alkanes of at least 4 members (excludes halogenated alkanes) is 10. The third kappa shape index (κ3) is 18.2. The normalized spacial score (nSPS) is 17.3. The van der Waals surface area contributed by atoms with Gasteiger partial charge < -0.3 is 13.3 Å². The third-order valence-corrected chi connectivity index (χ3v) is 30.6. The van der Waals surface area contributed by atoms with Gasteiger partial charge in [0, 0.05) is 12.2 Å². The monoisotopic (exact) mass is 853 g/mol. The summed E-state index contributed by atoms with van der Waals surface area (Å²) >= 11 is 4.47. The van der Waals surface area contributed by atoms with E-state index in [2.05, 4.69) is 156 Å². The number of benzene rings is 1. The topological polar surface area (TPSA) is 27.7 Å². The van der Waals surface area contributed by atoms with Crippen LogP contribution in [-0.4, -0.2) is 52.7 Å². The van der Waals surface area contributed by atoms with Crippen LogP contribution in [0, 0.1) is 0 Å². The second kappa shape index (κ2) is 22.8. The SMILES string of the molecule is CCCCCCCCCCCCC[C@H](C[C@H](CC1(CCc2ccc(O[Si](C)(C)C(C)(C)C)cc2)SCCCS1)O[Si](C)(C)C(C)(C)C)O[Si](C)(C)C(C)(C)C. The maximum atomic E-state index is 7.54. The Kier molecular flexibility index (Phi) is 21.3. The van der Waals surface area contributed by atoms with Crippen molar-refractivity contribution in [2.45, 2.75) is 249 Å². The summed E-state index contributed by atoms with van der Waals surface area (Å²) < 4.78 is 21.7. The fraction of sp³-hybridized carbons (Fsp3) is 0.872. The van der Waals surface area contributed by atoms with Crippen molar-refractivity contribution in [2.75, 3.05) is 11.5 Å². The van der Waals surface area contributed by atoms with Crippen LogP contribution in [0.5, 0.6) is 5.75 Å². The molecule has 2 atom stereocenters. The average molecular weight is 854 g/mol. The lowest BCUT2D eigenvalue weighted by molar-refractivity contribution is 0.0788. The Morgan fingerprint density at radius 2 is 1.04 bits per heavy atom. The Bertz CT molecular complexity index is 1190. The smallest absolute Gasteiger partial charge is 0.250 e. The fourth-order valence-corrected chi connectivity index (χ4v) is 14.0. The van der Waals surface area contributed by atoms with Crippen molar-refractivity contribution in [1.29, 1.82) is 0 Å². The molecule has 1 saturated heterocycles. The molecule has 8 heteroatoms. The lowest BCUT2D eigenvalue weighted by Crippen LogP contribution is -2.48. The molecule has 322 valence electrons. The van der Waals surface area contributed by atoms with Gasteiger partial charge in [-0.3, -0.25) is 0 Å². The lowest BCUT2D eigenvalue weighted by atomic mass is 9.98. The van der Waals surface area contributed by atoms with Crippen LogP contribution in [0.1, 0.15) is 178 Å². The number of aryl methyl sites for hydroxylation is 1. The zero-order chi connectivity index (χ0) is 41.6. The number of hydrogen-bond donors (Lipinski definition) is 0. The molecule has 0 unspecified atom stereocenters. The van der Waals surface area contributed by atoms with Gasteiger partial charge in [0.2, 0.25) is 8.32 Å². The Morgan fingerprint density at radius 3 is 1.49 bits per heavy atom. The summed E-state index contributed by atoms with van der Waals surface area (Å²) in [4.78, 5) is 0. The molecule has 1 aliphatic rings. The summed E-state index contributed by atoms with van der Waals surface area (Å²) in [7, 11) is -5.83. The molecule has 0 N–H and O–H groups in total. The first-order valence-corrected chi connectivity index (χ1v) is 33.4. The number of thioether (sulfide) groups is 2. The maximum absolute atomic E-state index is 7.54. The summed E-state index contributed by atoms with van der Waals surface area (Å²) in [6, 6.07) is 9.11. The van der Waals surface area contributed by atoms with Gasteiger partial charge in [0.25, 0.3) is 0 Å². The van der Waals surface area contributed by atoms with Crippen LogP contribution < -0.4 is 4.43 Å². The van der Waals surface area contributed by atoms with Crippen LogP contribution in [0.25, 0.3) is 0 Å². The van der Waals surface area contributed by atoms with Crippen LogP contribution >= 0.6 is 23.5 Å². The van der Waals surface area contributed by atoms with Crippen LogP contribution in [0.3, 0.4) is 0 Å². The van der Waals surface area contributed by atoms with E-state index in [0.29, 0.717) is 0 Å². The second-order valence-electron chi connectivity index (χ2n) is 21.7. The molecule has 3 nitrogen and oxygen atoms in total. The van der Waals surface area contributed by atoms with Crippen LogP contribution in [0.15, 0.2) is 24.3 Å². The summed E-state index contributed by atoms with van der Waals surface area (Å²) in [6.45, 7) is 38.2. The quantitative estimate of drug-likeness (QED) is 0.0722. The highest BCUT2D eigenvalue weighted by molar-refractivity contribution is 8.18. The Morgan fingerprint density at radius 1 is 0.600 bits per heavy atom. The molecule has 2 rings (SSSR count). The highest BCUT2D eigenvalue weighted by atomic mass is 32.2. The molecule has 55 heavy (non-hydrogen) atoms. The van der Waals surface area contributed by atoms with Gasteiger partial charge in [-0.15, -0.1) is 23.5 Å². The van der Waals surface area contributed by atoms with E-state index in [1.807, 2.05) is 0 Å². The zero-order valence-corrected chi connectivity index (χ0v) is 44.1. The average Bonchev–Trinajstić information content (AvgIpc) is 3.05. The van der Waals surface area contributed by atoms with Crippen molar-refractivity contribution in [1.82, 2.24) is 0 Å². The first-order valence-electron chi connectivity index (χ1n) is 22.7. The van der Waals surface area contributed by atoms with Gasteiger partial charge in [0.15, 0.2) is 16.6 Å². The molecule has 0 bridgehead atoms. The summed E-state index contributed by atoms with van der Waals surface area (Å²) in [6.07, 6.45) is 22.5. The molecule has 0 radical (unpaired) electrons. The van der Waals surface area contributed by atoms with Gasteiger partial charge in [0.1, 0.15) is 5.75 Å². The predicted molar refractivity (Wildman–Crippen MR) is 259 cm³/mol. The van der Waals surface area contributed by atoms with Crippen molar-refractivity contribution in [3.8, 4) is 5.75 Å². The maximum Gasteiger partial charge on any atom is 0.250 e. The van der Waals surface area contributed by atoms with E-state index in [1.54, 1.807) is 0 Å². The van der Waals surface area contributed by atoms with Crippen molar-refractivity contribution in [2.24, 2.45) is 0 Å². The highest BCUT2D eigenvalue weighted by Crippen LogP contribution is 2.51. The van der Waals surface area contributed by atoms with Crippen molar-refractivity contribution >= 4 is 48.5 Å². The molecule has 0 spiro atoms. The number of hydrogen-bond acceptors (Lipinski definition) is 5. The first kappa shape index (κ1) is 51.4. The van der Waals surface area contributed by atoms with E-state index in [9.17, 15) is 0 Å². The summed E-state index contributed by atoms with van der Waals surface area (Å²) in [5.41, 5.74) is 1.42. The van der Waals surface area contributed by atoms with E-state index in [4.69, 9.17) is 13.3 Å². The van der Waals surface area contributed by atoms with Gasteiger partial charge in [-0.1, -0.05) is 152 Å². The van der Waals surface area contributed by atoms with Gasteiger partial charge in [-0.25, -0.2) is 0 Å². The second-order valence-corrected chi connectivity index (χ2v) is 39.2. The molecule has 0 aliphatic carbocycles. The van der Waals surface area contributed by atoms with Gasteiger partial charge in [0.05, 0.1) is 4.08 Å². The van der Waals surface area contributed by atoms with Crippen molar-refractivity contribution < 1.29 is 13.3 Å². The van der Waals surface area contributed by atoms with E-state index >= 15 is 0 Å². The van der Waals surface area contributed by atoms with Gasteiger partial charge >= 0.3 is 0 Å². The standard InChI is InChI=1S/C47H92O3S2Si3/c1-17-18-19-20-21-22-23-24-25-26-27-29-42(49-54(13,14)45(5,6)7)38-43(50-55(15,16)46(8,9)10)39-47(51-36-28-37-52-47)35-34-40-30-32-41(33-31-40)48-53(11,12)44(2,3)4/h30-33,42-43H,17-29,34-39H2,1-16H3/t42-,43-/m1/s1. The van der Waals surface area contributed by atoms with Crippen molar-refractivity contribution in [3.63, 3.8) is 0 Å². The number of rotatable bonds is 25. The molecule has 1 aromatic rings. The van der Waals surface area contributed by atoms with E-state index < -0.39 is 25.0 Å². The molecule has 1 aliphatic heterocycles. The minimum Gasteiger partial charge on any atom is -0.544 e. The van der Waals surface area contributed by atoms with Crippen LogP contribution in [0.2, 0.25) is 54.4 Å². The third-order valence-electron chi connectivity index (χ3n) is 13.6. The Balaban J connectivity index is 2.25. The van der Waals surface area contributed by atoms with Gasteiger partial charge in [-0.2, -0.15) is 0 Å². The van der Waals surface area contributed by atoms with Gasteiger partial charge in [-0.05, 0) is 122 Å². The molecule has 0 aromatic heterocycles. The molecule has 0 saturated carbocycles. The predicted octanol–water partition coefficient (Wildman–Crippen LogP) is 16.8.